The normalized spacial score (nSPS) is 10.7. The molecule has 0 N–H and O–H groups in total. The summed E-state index contributed by atoms with van der Waals surface area (Å²) in [7, 11) is 0. The highest BCUT2D eigenvalue weighted by Gasteiger charge is 2.09. The number of ether oxygens (including phenoxy) is 1. The van der Waals surface area contributed by atoms with Crippen LogP contribution in [0.2, 0.25) is 0 Å². The van der Waals surface area contributed by atoms with Crippen molar-refractivity contribution in [1.82, 2.24) is 0 Å². The van der Waals surface area contributed by atoms with Crippen LogP contribution in [0.5, 0.6) is 5.75 Å². The van der Waals surface area contributed by atoms with Gasteiger partial charge in [0.05, 0.1) is 0 Å². The fourth-order valence-corrected chi connectivity index (χ4v) is 2.87. The zero-order valence-electron chi connectivity index (χ0n) is 14.9. The van der Waals surface area contributed by atoms with E-state index < -0.39 is 0 Å². The van der Waals surface area contributed by atoms with Gasteiger partial charge in [-0.25, -0.2) is 0 Å². The molecule has 0 aliphatic carbocycles. The van der Waals surface area contributed by atoms with Gasteiger partial charge in [0.25, 0.3) is 0 Å². The van der Waals surface area contributed by atoms with Gasteiger partial charge in [0.15, 0.2) is 0 Å². The van der Waals surface area contributed by atoms with Crippen molar-refractivity contribution in [3.05, 3.63) is 64.7 Å². The van der Waals surface area contributed by atoms with Gasteiger partial charge in [0, 0.05) is 0 Å². The molecular formula is C22H30O. The molecular weight excluding hydrogens is 280 g/mol. The third kappa shape index (κ3) is 5.42. The van der Waals surface area contributed by atoms with E-state index >= 15 is 0 Å². The molecule has 0 saturated carbocycles. The molecule has 0 aliphatic heterocycles. The Bertz CT molecular complexity index is 557. The molecule has 0 aromatic heterocycles. The Labute approximate surface area is 141 Å². The SMILES string of the molecule is CCCCc1cccc(CCCC)c1COc1ccc(C)cc1. The average molecular weight is 310 g/mol. The van der Waals surface area contributed by atoms with E-state index in [1.165, 1.54) is 47.9 Å². The molecule has 0 aliphatic rings. The second kappa shape index (κ2) is 9.39. The third-order valence-corrected chi connectivity index (χ3v) is 4.37. The Hall–Kier alpha value is -1.76. The number of unbranched alkanes of at least 4 members (excludes halogenated alkanes) is 2. The van der Waals surface area contributed by atoms with Gasteiger partial charge in [0.1, 0.15) is 12.4 Å². The van der Waals surface area contributed by atoms with Crippen LogP contribution in [-0.4, -0.2) is 0 Å². The molecule has 124 valence electrons. The molecule has 0 radical (unpaired) electrons. The number of hydrogen-bond acceptors (Lipinski definition) is 1. The van der Waals surface area contributed by atoms with Crippen LogP contribution in [0, 0.1) is 6.92 Å². The van der Waals surface area contributed by atoms with E-state index in [2.05, 4.69) is 63.2 Å². The van der Waals surface area contributed by atoms with E-state index in [9.17, 15) is 0 Å². The molecule has 23 heavy (non-hydrogen) atoms. The summed E-state index contributed by atoms with van der Waals surface area (Å²) in [5.74, 6) is 0.960. The Kier molecular flexibility index (Phi) is 7.19. The van der Waals surface area contributed by atoms with Crippen LogP contribution in [-0.2, 0) is 19.4 Å². The predicted octanol–water partition coefficient (Wildman–Crippen LogP) is 6.26. The number of rotatable bonds is 9. The first kappa shape index (κ1) is 17.6. The fourth-order valence-electron chi connectivity index (χ4n) is 2.87. The lowest BCUT2D eigenvalue weighted by Crippen LogP contribution is -2.05. The largest absolute Gasteiger partial charge is 0.489 e. The van der Waals surface area contributed by atoms with E-state index in [0.29, 0.717) is 6.61 Å². The summed E-state index contributed by atoms with van der Waals surface area (Å²) in [6.45, 7) is 7.29. The van der Waals surface area contributed by atoms with Gasteiger partial charge in [-0.3, -0.25) is 0 Å². The zero-order chi connectivity index (χ0) is 16.5. The first-order valence-electron chi connectivity index (χ1n) is 9.03. The van der Waals surface area contributed by atoms with E-state index in [0.717, 1.165) is 18.6 Å². The Balaban J connectivity index is 2.16. The van der Waals surface area contributed by atoms with Gasteiger partial charge >= 0.3 is 0 Å². The molecule has 0 unspecified atom stereocenters. The Morgan fingerprint density at radius 2 is 1.35 bits per heavy atom. The van der Waals surface area contributed by atoms with Gasteiger partial charge < -0.3 is 4.74 Å². The van der Waals surface area contributed by atoms with Crippen molar-refractivity contribution in [2.45, 2.75) is 65.9 Å². The van der Waals surface area contributed by atoms with Crippen LogP contribution in [0.1, 0.15) is 61.8 Å². The second-order valence-electron chi connectivity index (χ2n) is 6.36. The molecule has 0 saturated heterocycles. The minimum atomic E-state index is 0.683. The molecule has 1 nitrogen and oxygen atoms in total. The molecule has 0 amide bonds. The van der Waals surface area contributed by atoms with Crippen LogP contribution in [0.15, 0.2) is 42.5 Å². The topological polar surface area (TPSA) is 9.23 Å². The molecule has 2 aromatic carbocycles. The monoisotopic (exact) mass is 310 g/mol. The van der Waals surface area contributed by atoms with Gasteiger partial charge in [-0.2, -0.15) is 0 Å². The molecule has 0 atom stereocenters. The van der Waals surface area contributed by atoms with Crippen LogP contribution in [0.3, 0.4) is 0 Å². The highest BCUT2D eigenvalue weighted by Crippen LogP contribution is 2.22. The standard InChI is InChI=1S/C22H30O/c1-4-6-9-19-11-8-12-20(10-7-5-2)22(19)17-23-21-15-13-18(3)14-16-21/h8,11-16H,4-7,9-10,17H2,1-3H3. The van der Waals surface area contributed by atoms with E-state index in [4.69, 9.17) is 4.74 Å². The molecule has 0 heterocycles. The number of benzene rings is 2. The van der Waals surface area contributed by atoms with E-state index in [-0.39, 0.29) is 0 Å². The van der Waals surface area contributed by atoms with Gasteiger partial charge in [-0.1, -0.05) is 62.6 Å². The van der Waals surface area contributed by atoms with Crippen molar-refractivity contribution >= 4 is 0 Å². The smallest absolute Gasteiger partial charge is 0.119 e. The summed E-state index contributed by atoms with van der Waals surface area (Å²) >= 11 is 0. The van der Waals surface area contributed by atoms with Gasteiger partial charge in [0.2, 0.25) is 0 Å². The maximum Gasteiger partial charge on any atom is 0.119 e. The fraction of sp³-hybridized carbons (Fsp3) is 0.455. The van der Waals surface area contributed by atoms with Crippen LogP contribution in [0.4, 0.5) is 0 Å². The highest BCUT2D eigenvalue weighted by molar-refractivity contribution is 5.36. The quantitative estimate of drug-likeness (QED) is 0.531. The summed E-state index contributed by atoms with van der Waals surface area (Å²) in [5.41, 5.74) is 5.61. The third-order valence-electron chi connectivity index (χ3n) is 4.37. The number of aryl methyl sites for hydroxylation is 3. The lowest BCUT2D eigenvalue weighted by molar-refractivity contribution is 0.303. The maximum absolute atomic E-state index is 6.09. The molecule has 2 rings (SSSR count). The molecule has 0 fully saturated rings. The van der Waals surface area contributed by atoms with Crippen molar-refractivity contribution in [2.75, 3.05) is 0 Å². The average Bonchev–Trinajstić information content (AvgIpc) is 2.58. The summed E-state index contributed by atoms with van der Waals surface area (Å²) in [4.78, 5) is 0. The zero-order valence-corrected chi connectivity index (χ0v) is 14.9. The maximum atomic E-state index is 6.09. The summed E-state index contributed by atoms with van der Waals surface area (Å²) in [6, 6.07) is 15.1. The van der Waals surface area contributed by atoms with Crippen molar-refractivity contribution in [2.24, 2.45) is 0 Å². The van der Waals surface area contributed by atoms with Crippen LogP contribution in [0.25, 0.3) is 0 Å². The first-order valence-corrected chi connectivity index (χ1v) is 9.03. The van der Waals surface area contributed by atoms with Gasteiger partial charge in [-0.15, -0.1) is 0 Å². The van der Waals surface area contributed by atoms with Crippen LogP contribution < -0.4 is 4.74 Å². The van der Waals surface area contributed by atoms with Crippen molar-refractivity contribution in [1.29, 1.82) is 0 Å². The van der Waals surface area contributed by atoms with E-state index in [1.807, 2.05) is 0 Å². The number of hydrogen-bond donors (Lipinski definition) is 0. The Morgan fingerprint density at radius 1 is 0.783 bits per heavy atom. The summed E-state index contributed by atoms with van der Waals surface area (Å²) in [6.07, 6.45) is 7.27. The molecule has 1 heteroatoms. The van der Waals surface area contributed by atoms with Crippen molar-refractivity contribution < 1.29 is 4.74 Å². The molecule has 2 aromatic rings. The van der Waals surface area contributed by atoms with Crippen molar-refractivity contribution in [3.63, 3.8) is 0 Å². The molecule has 0 bridgehead atoms. The summed E-state index contributed by atoms with van der Waals surface area (Å²) < 4.78 is 6.09. The lowest BCUT2D eigenvalue weighted by atomic mass is 9.94. The minimum absolute atomic E-state index is 0.683. The summed E-state index contributed by atoms with van der Waals surface area (Å²) in [5, 5.41) is 0. The van der Waals surface area contributed by atoms with E-state index in [1.54, 1.807) is 0 Å². The van der Waals surface area contributed by atoms with Crippen LogP contribution >= 0.6 is 0 Å². The lowest BCUT2D eigenvalue weighted by Gasteiger charge is -2.16. The van der Waals surface area contributed by atoms with Gasteiger partial charge in [-0.05, 0) is 61.4 Å². The van der Waals surface area contributed by atoms with Crippen molar-refractivity contribution in [3.8, 4) is 5.75 Å². The predicted molar refractivity (Wildman–Crippen MR) is 99.2 cm³/mol. The molecule has 0 spiro atoms. The highest BCUT2D eigenvalue weighted by atomic mass is 16.5. The first-order chi connectivity index (χ1) is 11.2. The Morgan fingerprint density at radius 3 is 1.87 bits per heavy atom. The second-order valence-corrected chi connectivity index (χ2v) is 6.36. The minimum Gasteiger partial charge on any atom is -0.489 e.